The third-order valence-electron chi connectivity index (χ3n) is 3.46. The number of aromatic nitrogens is 2. The number of morpholine rings is 1. The number of nitrogens with one attached hydrogen (secondary N) is 1. The summed E-state index contributed by atoms with van der Waals surface area (Å²) in [5.74, 6) is -0.776. The summed E-state index contributed by atoms with van der Waals surface area (Å²) >= 11 is 0. The van der Waals surface area contributed by atoms with Crippen LogP contribution in [-0.2, 0) is 9.53 Å². The van der Waals surface area contributed by atoms with Crippen molar-refractivity contribution in [1.29, 1.82) is 0 Å². The number of H-pyrrole nitrogens is 1. The first-order valence-corrected chi connectivity index (χ1v) is 6.34. The molecular formula is C12H15N3O4. The van der Waals surface area contributed by atoms with Crippen LogP contribution >= 0.6 is 0 Å². The van der Waals surface area contributed by atoms with Gasteiger partial charge in [-0.3, -0.25) is 9.89 Å². The Hall–Kier alpha value is -1.89. The van der Waals surface area contributed by atoms with Crippen LogP contribution in [0.2, 0.25) is 0 Å². The highest BCUT2D eigenvalue weighted by Crippen LogP contribution is 2.39. The van der Waals surface area contributed by atoms with Crippen molar-refractivity contribution in [3.63, 3.8) is 0 Å². The Morgan fingerprint density at radius 2 is 2.26 bits per heavy atom. The Kier molecular flexibility index (Phi) is 2.98. The molecule has 2 aliphatic rings. The van der Waals surface area contributed by atoms with E-state index in [9.17, 15) is 9.59 Å². The van der Waals surface area contributed by atoms with Gasteiger partial charge in [0.25, 0.3) is 5.91 Å². The number of aliphatic carboxylic acids is 1. The molecule has 2 N–H and O–H groups in total. The fourth-order valence-corrected chi connectivity index (χ4v) is 2.19. The van der Waals surface area contributed by atoms with Crippen molar-refractivity contribution in [3.05, 3.63) is 17.5 Å². The second-order valence-electron chi connectivity index (χ2n) is 4.93. The van der Waals surface area contributed by atoms with Crippen LogP contribution in [0.3, 0.4) is 0 Å². The maximum absolute atomic E-state index is 12.2. The molecule has 3 rings (SSSR count). The lowest BCUT2D eigenvalue weighted by molar-refractivity contribution is -0.154. The zero-order valence-corrected chi connectivity index (χ0v) is 10.3. The lowest BCUT2D eigenvalue weighted by atomic mass is 10.2. The van der Waals surface area contributed by atoms with Gasteiger partial charge in [-0.2, -0.15) is 5.10 Å². The van der Waals surface area contributed by atoms with Crippen molar-refractivity contribution in [3.8, 4) is 0 Å². The van der Waals surface area contributed by atoms with E-state index in [1.807, 2.05) is 0 Å². The van der Waals surface area contributed by atoms with E-state index < -0.39 is 12.1 Å². The van der Waals surface area contributed by atoms with Gasteiger partial charge in [-0.05, 0) is 18.9 Å². The van der Waals surface area contributed by atoms with Gasteiger partial charge in [-0.15, -0.1) is 0 Å². The topological polar surface area (TPSA) is 95.5 Å². The van der Waals surface area contributed by atoms with Crippen LogP contribution in [-0.4, -0.2) is 57.9 Å². The molecule has 0 radical (unpaired) electrons. The Bertz CT molecular complexity index is 509. The molecule has 1 atom stereocenters. The van der Waals surface area contributed by atoms with Crippen LogP contribution in [0.25, 0.3) is 0 Å². The highest BCUT2D eigenvalue weighted by molar-refractivity contribution is 5.93. The number of carbonyl (C=O) groups excluding carboxylic acids is 1. The van der Waals surface area contributed by atoms with Crippen molar-refractivity contribution in [2.24, 2.45) is 0 Å². The molecule has 1 saturated heterocycles. The normalized spacial score (nSPS) is 23.4. The van der Waals surface area contributed by atoms with Crippen LogP contribution in [0.15, 0.2) is 6.07 Å². The monoisotopic (exact) mass is 265 g/mol. The maximum atomic E-state index is 12.2. The van der Waals surface area contributed by atoms with E-state index in [0.29, 0.717) is 18.2 Å². The molecule has 0 bridgehead atoms. The van der Waals surface area contributed by atoms with Gasteiger partial charge in [0.15, 0.2) is 6.10 Å². The first-order valence-electron chi connectivity index (χ1n) is 6.34. The van der Waals surface area contributed by atoms with Crippen LogP contribution in [0.1, 0.15) is 34.9 Å². The van der Waals surface area contributed by atoms with E-state index in [-0.39, 0.29) is 19.1 Å². The molecule has 0 spiro atoms. The molecule has 1 saturated carbocycles. The first kappa shape index (κ1) is 12.2. The molecule has 2 fully saturated rings. The number of aromatic amines is 1. The summed E-state index contributed by atoms with van der Waals surface area (Å²) in [5.41, 5.74) is 1.35. The minimum Gasteiger partial charge on any atom is -0.479 e. The number of amides is 1. The summed E-state index contributed by atoms with van der Waals surface area (Å²) in [7, 11) is 0. The standard InChI is InChI=1S/C12H15N3O4/c16-11(9-5-8(13-14-9)7-1-2-7)15-3-4-19-10(6-15)12(17)18/h5,7,10H,1-4,6H2,(H,13,14)(H,17,18)/t10-/m0/s1. The lowest BCUT2D eigenvalue weighted by Crippen LogP contribution is -2.48. The lowest BCUT2D eigenvalue weighted by Gasteiger charge is -2.30. The van der Waals surface area contributed by atoms with Gasteiger partial charge in [0.1, 0.15) is 5.69 Å². The Balaban J connectivity index is 1.69. The molecule has 0 aromatic carbocycles. The third-order valence-corrected chi connectivity index (χ3v) is 3.46. The van der Waals surface area contributed by atoms with Gasteiger partial charge in [0.05, 0.1) is 13.2 Å². The zero-order chi connectivity index (χ0) is 13.4. The second kappa shape index (κ2) is 4.65. The van der Waals surface area contributed by atoms with Crippen LogP contribution < -0.4 is 0 Å². The molecule has 102 valence electrons. The molecular weight excluding hydrogens is 250 g/mol. The van der Waals surface area contributed by atoms with E-state index >= 15 is 0 Å². The first-order chi connectivity index (χ1) is 9.15. The average molecular weight is 265 g/mol. The van der Waals surface area contributed by atoms with Crippen molar-refractivity contribution in [2.75, 3.05) is 19.7 Å². The number of carboxylic acids is 1. The van der Waals surface area contributed by atoms with Crippen LogP contribution in [0.5, 0.6) is 0 Å². The Morgan fingerprint density at radius 1 is 1.47 bits per heavy atom. The molecule has 1 amide bonds. The molecule has 0 unspecified atom stereocenters. The largest absolute Gasteiger partial charge is 0.479 e. The van der Waals surface area contributed by atoms with Gasteiger partial charge < -0.3 is 14.7 Å². The van der Waals surface area contributed by atoms with Gasteiger partial charge in [-0.1, -0.05) is 0 Å². The minimum absolute atomic E-state index is 0.0692. The van der Waals surface area contributed by atoms with E-state index in [4.69, 9.17) is 9.84 Å². The van der Waals surface area contributed by atoms with E-state index in [1.165, 1.54) is 4.90 Å². The maximum Gasteiger partial charge on any atom is 0.334 e. The van der Waals surface area contributed by atoms with Gasteiger partial charge >= 0.3 is 5.97 Å². The number of hydrogen-bond donors (Lipinski definition) is 2. The quantitative estimate of drug-likeness (QED) is 0.814. The van der Waals surface area contributed by atoms with Gasteiger partial charge in [-0.25, -0.2) is 4.79 Å². The van der Waals surface area contributed by atoms with Crippen molar-refractivity contribution in [2.45, 2.75) is 24.9 Å². The predicted octanol–water partition coefficient (Wildman–Crippen LogP) is 0.213. The van der Waals surface area contributed by atoms with Crippen molar-refractivity contribution < 1.29 is 19.4 Å². The smallest absolute Gasteiger partial charge is 0.334 e. The number of ether oxygens (including phenoxy) is 1. The van der Waals surface area contributed by atoms with E-state index in [2.05, 4.69) is 10.2 Å². The number of rotatable bonds is 3. The molecule has 1 aliphatic carbocycles. The van der Waals surface area contributed by atoms with E-state index in [1.54, 1.807) is 6.07 Å². The fraction of sp³-hybridized carbons (Fsp3) is 0.583. The summed E-state index contributed by atoms with van der Waals surface area (Å²) in [6.45, 7) is 0.705. The Morgan fingerprint density at radius 3 is 2.95 bits per heavy atom. The van der Waals surface area contributed by atoms with Gasteiger partial charge in [0, 0.05) is 18.2 Å². The molecule has 1 aromatic rings. The van der Waals surface area contributed by atoms with Crippen molar-refractivity contribution >= 4 is 11.9 Å². The summed E-state index contributed by atoms with van der Waals surface area (Å²) in [4.78, 5) is 24.6. The van der Waals surface area contributed by atoms with Crippen molar-refractivity contribution in [1.82, 2.24) is 15.1 Å². The highest BCUT2D eigenvalue weighted by Gasteiger charge is 2.31. The molecule has 1 aliphatic heterocycles. The summed E-state index contributed by atoms with van der Waals surface area (Å²) < 4.78 is 5.09. The van der Waals surface area contributed by atoms with E-state index in [0.717, 1.165) is 18.5 Å². The highest BCUT2D eigenvalue weighted by atomic mass is 16.5. The van der Waals surface area contributed by atoms with Crippen LogP contribution in [0.4, 0.5) is 0 Å². The molecule has 19 heavy (non-hydrogen) atoms. The Labute approximate surface area is 109 Å². The molecule has 7 nitrogen and oxygen atoms in total. The number of nitrogens with zero attached hydrogens (tertiary/aromatic N) is 2. The SMILES string of the molecule is O=C(O)[C@@H]1CN(C(=O)c2cc(C3CC3)[nH]n2)CCO1. The minimum atomic E-state index is -1.04. The van der Waals surface area contributed by atoms with Crippen LogP contribution in [0, 0.1) is 0 Å². The second-order valence-corrected chi connectivity index (χ2v) is 4.93. The average Bonchev–Trinajstić information content (AvgIpc) is 3.16. The molecule has 7 heteroatoms. The third kappa shape index (κ3) is 2.46. The van der Waals surface area contributed by atoms with Gasteiger partial charge in [0.2, 0.25) is 0 Å². The number of hydrogen-bond acceptors (Lipinski definition) is 4. The zero-order valence-electron chi connectivity index (χ0n) is 10.3. The molecule has 2 heterocycles. The summed E-state index contributed by atoms with van der Waals surface area (Å²) in [6.07, 6.45) is 1.32. The summed E-state index contributed by atoms with van der Waals surface area (Å²) in [6, 6.07) is 1.77. The summed E-state index contributed by atoms with van der Waals surface area (Å²) in [5, 5.41) is 15.8. The number of carbonyl (C=O) groups is 2. The fourth-order valence-electron chi connectivity index (χ4n) is 2.19. The predicted molar refractivity (Wildman–Crippen MR) is 63.8 cm³/mol. The molecule has 1 aromatic heterocycles. The number of carboxylic acid groups (broad SMARTS) is 1.